The minimum absolute atomic E-state index is 0.372. The second-order valence-corrected chi connectivity index (χ2v) is 6.41. The van der Waals surface area contributed by atoms with E-state index >= 15 is 0 Å². The summed E-state index contributed by atoms with van der Waals surface area (Å²) >= 11 is 0. The van der Waals surface area contributed by atoms with Crippen LogP contribution >= 0.6 is 0 Å². The molecule has 2 aromatic heterocycles. The van der Waals surface area contributed by atoms with Crippen molar-refractivity contribution in [3.63, 3.8) is 0 Å². The molecule has 2 aromatic rings. The normalized spacial score (nSPS) is 16.8. The SMILES string of the molecule is CN=C(NCc1cc(C(C)C)no1)N1CCC(c2ncn[nH]2)CC1. The number of likely N-dealkylation sites (tertiary alicyclic amines) is 1. The lowest BCUT2D eigenvalue weighted by atomic mass is 9.96. The Balaban J connectivity index is 1.51. The Hall–Kier alpha value is -2.38. The number of nitrogens with zero attached hydrogens (tertiary/aromatic N) is 5. The van der Waals surface area contributed by atoms with Gasteiger partial charge in [-0.1, -0.05) is 19.0 Å². The number of piperidine rings is 1. The van der Waals surface area contributed by atoms with E-state index in [9.17, 15) is 0 Å². The van der Waals surface area contributed by atoms with E-state index in [-0.39, 0.29) is 0 Å². The van der Waals surface area contributed by atoms with Crippen molar-refractivity contribution in [3.05, 3.63) is 29.7 Å². The third-order valence-corrected chi connectivity index (χ3v) is 4.42. The summed E-state index contributed by atoms with van der Waals surface area (Å²) in [6.07, 6.45) is 3.65. The molecule has 8 heteroatoms. The van der Waals surface area contributed by atoms with Crippen molar-refractivity contribution in [2.75, 3.05) is 20.1 Å². The maximum atomic E-state index is 5.37. The fourth-order valence-corrected chi connectivity index (χ4v) is 2.96. The van der Waals surface area contributed by atoms with Crippen molar-refractivity contribution >= 4 is 5.96 Å². The number of nitrogens with one attached hydrogen (secondary N) is 2. The van der Waals surface area contributed by atoms with E-state index in [1.54, 1.807) is 6.33 Å². The monoisotopic (exact) mass is 331 g/mol. The van der Waals surface area contributed by atoms with Gasteiger partial charge in [0.15, 0.2) is 11.7 Å². The van der Waals surface area contributed by atoms with Crippen molar-refractivity contribution in [2.45, 2.75) is 45.1 Å². The van der Waals surface area contributed by atoms with Gasteiger partial charge in [-0.2, -0.15) is 5.10 Å². The van der Waals surface area contributed by atoms with Crippen LogP contribution in [0.1, 0.15) is 55.8 Å². The summed E-state index contributed by atoms with van der Waals surface area (Å²) in [6.45, 7) is 6.69. The van der Waals surface area contributed by atoms with Gasteiger partial charge in [-0.25, -0.2) is 4.98 Å². The first-order valence-electron chi connectivity index (χ1n) is 8.43. The van der Waals surface area contributed by atoms with Crippen molar-refractivity contribution in [1.29, 1.82) is 0 Å². The topological polar surface area (TPSA) is 95.2 Å². The molecule has 1 fully saturated rings. The second-order valence-electron chi connectivity index (χ2n) is 6.41. The van der Waals surface area contributed by atoms with Gasteiger partial charge in [0.2, 0.25) is 0 Å². The number of hydrogen-bond donors (Lipinski definition) is 2. The first-order valence-corrected chi connectivity index (χ1v) is 8.43. The molecule has 0 aromatic carbocycles. The highest BCUT2D eigenvalue weighted by Crippen LogP contribution is 2.25. The van der Waals surface area contributed by atoms with Crippen LogP contribution in [0, 0.1) is 0 Å². The summed E-state index contributed by atoms with van der Waals surface area (Å²) < 4.78 is 5.37. The molecule has 2 N–H and O–H groups in total. The summed E-state index contributed by atoms with van der Waals surface area (Å²) in [5, 5.41) is 14.4. The van der Waals surface area contributed by atoms with Crippen LogP contribution < -0.4 is 5.32 Å². The minimum Gasteiger partial charge on any atom is -0.359 e. The van der Waals surface area contributed by atoms with Crippen LogP contribution in [0.5, 0.6) is 0 Å². The van der Waals surface area contributed by atoms with Gasteiger partial charge in [-0.15, -0.1) is 0 Å². The van der Waals surface area contributed by atoms with Crippen molar-refractivity contribution in [3.8, 4) is 0 Å². The van der Waals surface area contributed by atoms with E-state index in [4.69, 9.17) is 4.52 Å². The molecule has 0 unspecified atom stereocenters. The van der Waals surface area contributed by atoms with Gasteiger partial charge >= 0.3 is 0 Å². The van der Waals surface area contributed by atoms with E-state index in [1.165, 1.54) is 0 Å². The van der Waals surface area contributed by atoms with Crippen LogP contribution in [-0.4, -0.2) is 51.3 Å². The molecule has 1 aliphatic rings. The fourth-order valence-electron chi connectivity index (χ4n) is 2.96. The zero-order valence-electron chi connectivity index (χ0n) is 14.5. The Morgan fingerprint density at radius 1 is 1.46 bits per heavy atom. The van der Waals surface area contributed by atoms with Crippen molar-refractivity contribution in [2.24, 2.45) is 4.99 Å². The van der Waals surface area contributed by atoms with Crippen molar-refractivity contribution in [1.82, 2.24) is 30.6 Å². The Kier molecular flexibility index (Phi) is 5.12. The summed E-state index contributed by atoms with van der Waals surface area (Å²) in [5.74, 6) is 3.53. The van der Waals surface area contributed by atoms with E-state index in [1.807, 2.05) is 13.1 Å². The molecule has 3 rings (SSSR count). The quantitative estimate of drug-likeness (QED) is 0.656. The predicted octanol–water partition coefficient (Wildman–Crippen LogP) is 1.87. The highest BCUT2D eigenvalue weighted by molar-refractivity contribution is 5.79. The Bertz CT molecular complexity index is 654. The van der Waals surface area contributed by atoms with Gasteiger partial charge in [-0.3, -0.25) is 10.1 Å². The molecule has 0 radical (unpaired) electrons. The van der Waals surface area contributed by atoms with Gasteiger partial charge in [-0.05, 0) is 18.8 Å². The number of H-pyrrole nitrogens is 1. The Labute approximate surface area is 141 Å². The third kappa shape index (κ3) is 3.74. The molecule has 0 atom stereocenters. The molecule has 0 amide bonds. The number of aromatic nitrogens is 4. The van der Waals surface area contributed by atoms with Gasteiger partial charge in [0.1, 0.15) is 12.2 Å². The Morgan fingerprint density at radius 3 is 2.83 bits per heavy atom. The average Bonchev–Trinajstić information content (AvgIpc) is 3.28. The summed E-state index contributed by atoms with van der Waals surface area (Å²) in [4.78, 5) is 10.9. The molecular formula is C16H25N7O. The lowest BCUT2D eigenvalue weighted by Gasteiger charge is -2.33. The molecule has 8 nitrogen and oxygen atoms in total. The maximum Gasteiger partial charge on any atom is 0.194 e. The number of aromatic amines is 1. The highest BCUT2D eigenvalue weighted by Gasteiger charge is 2.24. The fraction of sp³-hybridized carbons (Fsp3) is 0.625. The lowest BCUT2D eigenvalue weighted by Crippen LogP contribution is -2.45. The summed E-state index contributed by atoms with van der Waals surface area (Å²) in [7, 11) is 1.81. The number of guanidine groups is 1. The zero-order chi connectivity index (χ0) is 16.9. The molecule has 0 spiro atoms. The lowest BCUT2D eigenvalue weighted by molar-refractivity contribution is 0.296. The average molecular weight is 331 g/mol. The molecule has 0 saturated carbocycles. The first kappa shape index (κ1) is 16.5. The van der Waals surface area contributed by atoms with Gasteiger partial charge in [0, 0.05) is 32.1 Å². The molecule has 130 valence electrons. The van der Waals surface area contributed by atoms with E-state index in [2.05, 4.69) is 49.4 Å². The van der Waals surface area contributed by atoms with Crippen LogP contribution in [0.25, 0.3) is 0 Å². The van der Waals surface area contributed by atoms with Crippen molar-refractivity contribution < 1.29 is 4.52 Å². The first-order chi connectivity index (χ1) is 11.7. The third-order valence-electron chi connectivity index (χ3n) is 4.42. The molecule has 24 heavy (non-hydrogen) atoms. The second kappa shape index (κ2) is 7.46. The predicted molar refractivity (Wildman–Crippen MR) is 90.7 cm³/mol. The van der Waals surface area contributed by atoms with Crippen LogP contribution in [0.4, 0.5) is 0 Å². The molecule has 1 aliphatic heterocycles. The van der Waals surface area contributed by atoms with E-state index < -0.39 is 0 Å². The van der Waals surface area contributed by atoms with Crippen LogP contribution in [0.3, 0.4) is 0 Å². The highest BCUT2D eigenvalue weighted by atomic mass is 16.5. The summed E-state index contributed by atoms with van der Waals surface area (Å²) in [5.41, 5.74) is 0.981. The standard InChI is InChI=1S/C16H25N7O/c1-11(2)14-8-13(24-22-14)9-18-16(17-3)23-6-4-12(5-7-23)15-19-10-20-21-15/h8,10-12H,4-7,9H2,1-3H3,(H,17,18)(H,19,20,21). The maximum absolute atomic E-state index is 5.37. The summed E-state index contributed by atoms with van der Waals surface area (Å²) in [6, 6.07) is 2.00. The Morgan fingerprint density at radius 2 is 2.25 bits per heavy atom. The number of rotatable bonds is 4. The molecular weight excluding hydrogens is 306 g/mol. The largest absolute Gasteiger partial charge is 0.359 e. The van der Waals surface area contributed by atoms with E-state index in [0.29, 0.717) is 18.4 Å². The number of hydrogen-bond acceptors (Lipinski definition) is 5. The zero-order valence-corrected chi connectivity index (χ0v) is 14.5. The van der Waals surface area contributed by atoms with Crippen LogP contribution in [-0.2, 0) is 6.54 Å². The molecule has 3 heterocycles. The van der Waals surface area contributed by atoms with Crippen LogP contribution in [0.2, 0.25) is 0 Å². The van der Waals surface area contributed by atoms with E-state index in [0.717, 1.165) is 49.2 Å². The molecule has 1 saturated heterocycles. The molecule has 0 bridgehead atoms. The minimum atomic E-state index is 0.372. The van der Waals surface area contributed by atoms with Crippen LogP contribution in [0.15, 0.2) is 21.9 Å². The molecule has 0 aliphatic carbocycles. The van der Waals surface area contributed by atoms with Gasteiger partial charge in [0.05, 0.1) is 12.2 Å². The number of aliphatic imine (C=N–C) groups is 1. The van der Waals surface area contributed by atoms with Gasteiger partial charge in [0.25, 0.3) is 0 Å². The van der Waals surface area contributed by atoms with Gasteiger partial charge < -0.3 is 14.7 Å². The smallest absolute Gasteiger partial charge is 0.194 e.